The van der Waals surface area contributed by atoms with Gasteiger partial charge in [-0.2, -0.15) is 31.4 Å². The van der Waals surface area contributed by atoms with E-state index in [4.69, 9.17) is 14.7 Å². The number of aromatic carboxylic acids is 1. The third kappa shape index (κ3) is 8.53. The molecule has 0 spiro atoms. The number of ether oxygens (including phenoxy) is 1. The molecule has 7 aromatic rings. The molecule has 0 saturated carbocycles. The van der Waals surface area contributed by atoms with E-state index in [-0.39, 0.29) is 73.3 Å². The maximum atomic E-state index is 15.9. The summed E-state index contributed by atoms with van der Waals surface area (Å²) in [4.78, 5) is 63.5. The van der Waals surface area contributed by atoms with Crippen molar-refractivity contribution in [3.8, 4) is 17.1 Å². The molecule has 0 fully saturated rings. The third-order valence-electron chi connectivity index (χ3n) is 11.6. The number of carboxylic acids is 1. The van der Waals surface area contributed by atoms with E-state index in [2.05, 4.69) is 20.4 Å². The first-order valence-corrected chi connectivity index (χ1v) is 21.8. The van der Waals surface area contributed by atoms with Crippen LogP contribution < -0.4 is 15.6 Å². The summed E-state index contributed by atoms with van der Waals surface area (Å²) in [5.41, 5.74) is -5.27. The van der Waals surface area contributed by atoms with Crippen molar-refractivity contribution in [1.82, 2.24) is 39.1 Å². The molecule has 5 heterocycles. The Morgan fingerprint density at radius 1 is 0.843 bits per heavy atom. The number of aliphatic imine (C=N–C) groups is 2. The number of halogens is 7. The van der Waals surface area contributed by atoms with Gasteiger partial charge in [-0.25, -0.2) is 29.1 Å². The summed E-state index contributed by atoms with van der Waals surface area (Å²) in [6, 6.07) is 22.8. The number of imidazole rings is 1. The van der Waals surface area contributed by atoms with Crippen molar-refractivity contribution in [2.45, 2.75) is 70.6 Å². The van der Waals surface area contributed by atoms with E-state index in [1.165, 1.54) is 34.1 Å². The van der Waals surface area contributed by atoms with Crippen LogP contribution >= 0.6 is 0 Å². The van der Waals surface area contributed by atoms with Crippen LogP contribution in [-0.2, 0) is 42.5 Å². The predicted molar refractivity (Wildman–Crippen MR) is 239 cm³/mol. The number of amidine groups is 2. The molecule has 2 N–H and O–H groups in total. The standard InChI is InChI=1S/C48H39F7N10O5/c1-3-19-63-41(43(67)68)58-38-36(42(63)66)65(40(57-38)31-23-56-62(25-31)24-28-13-18-34(35(49)21-28)48(53,54)55)46-44(59-37(61-46)29-14-16-33(17-15-29)70-26-27-9-6-5-7-10-27)60-39(64(20-4-2)45(46)69)30-11-8-12-32(22-30)47(50,51)52/h5-18,21-23,25,39H,3-4,19-20,24,26H2,1-2H3,(H,67,68)(H,59,60,61). The molecule has 4 aromatic carbocycles. The van der Waals surface area contributed by atoms with Gasteiger partial charge in [0.15, 0.2) is 23.2 Å². The lowest BCUT2D eigenvalue weighted by molar-refractivity contribution is -0.141. The monoisotopic (exact) mass is 968 g/mol. The number of amides is 1. The second-order valence-corrected chi connectivity index (χ2v) is 16.4. The van der Waals surface area contributed by atoms with Crippen LogP contribution in [0.25, 0.3) is 22.6 Å². The lowest BCUT2D eigenvalue weighted by Crippen LogP contribution is -2.59. The quantitative estimate of drug-likeness (QED) is 0.101. The Bertz CT molecular complexity index is 3290. The van der Waals surface area contributed by atoms with Crippen LogP contribution in [0.5, 0.6) is 5.75 Å². The topological polar surface area (TPSA) is 174 Å². The molecule has 360 valence electrons. The summed E-state index contributed by atoms with van der Waals surface area (Å²) in [6.07, 6.45) is -7.92. The number of carbonyl (C=O) groups is 2. The zero-order chi connectivity index (χ0) is 49.7. The molecule has 2 atom stereocenters. The van der Waals surface area contributed by atoms with E-state index in [0.717, 1.165) is 32.9 Å². The van der Waals surface area contributed by atoms with Crippen molar-refractivity contribution in [2.75, 3.05) is 6.54 Å². The molecule has 2 aliphatic rings. The smallest absolute Gasteiger partial charge is 0.419 e. The fourth-order valence-electron chi connectivity index (χ4n) is 8.46. The van der Waals surface area contributed by atoms with E-state index in [9.17, 15) is 45.4 Å². The molecule has 1 amide bonds. The fourth-order valence-corrected chi connectivity index (χ4v) is 8.46. The van der Waals surface area contributed by atoms with E-state index >= 15 is 4.79 Å². The van der Waals surface area contributed by atoms with Gasteiger partial charge in [0, 0.05) is 24.8 Å². The molecule has 15 nitrogen and oxygen atoms in total. The van der Waals surface area contributed by atoms with E-state index < -0.39 is 75.5 Å². The SMILES string of the molecule is CCCN1C(=O)C2(n3c(-c4cnn(Cc5ccc(C(F)(F)F)c(F)c5)c4)nc4nc(C(=O)O)n(CCC)c(=O)c43)N=C(c3ccc(OCc4ccccc4)cc3)NC2=NC1c1cccc(C(F)(F)F)c1. The first-order valence-electron chi connectivity index (χ1n) is 21.8. The molecule has 0 bridgehead atoms. The Morgan fingerprint density at radius 3 is 2.26 bits per heavy atom. The Labute approximate surface area is 392 Å². The molecule has 2 aliphatic heterocycles. The van der Waals surface area contributed by atoms with E-state index in [1.807, 2.05) is 30.3 Å². The molecule has 0 radical (unpaired) electrons. The van der Waals surface area contributed by atoms with Crippen molar-refractivity contribution in [2.24, 2.45) is 9.98 Å². The molecule has 2 unspecified atom stereocenters. The highest BCUT2D eigenvalue weighted by molar-refractivity contribution is 6.25. The number of aromatic nitrogens is 6. The van der Waals surface area contributed by atoms with Crippen LogP contribution in [0.1, 0.15) is 76.9 Å². The minimum absolute atomic E-state index is 0.00246. The van der Waals surface area contributed by atoms with Gasteiger partial charge in [-0.15, -0.1) is 0 Å². The van der Waals surface area contributed by atoms with Crippen molar-refractivity contribution in [3.05, 3.63) is 165 Å². The largest absolute Gasteiger partial charge is 0.489 e. The highest BCUT2D eigenvalue weighted by atomic mass is 19.4. The highest BCUT2D eigenvalue weighted by Gasteiger charge is 2.59. The van der Waals surface area contributed by atoms with Crippen LogP contribution in [0.15, 0.2) is 124 Å². The zero-order valence-electron chi connectivity index (χ0n) is 37.0. The first-order chi connectivity index (χ1) is 33.4. The number of hydrogen-bond donors (Lipinski definition) is 2. The molecule has 70 heavy (non-hydrogen) atoms. The van der Waals surface area contributed by atoms with Gasteiger partial charge in [0.25, 0.3) is 17.1 Å². The summed E-state index contributed by atoms with van der Waals surface area (Å²) in [7, 11) is 0. The Balaban J connectivity index is 1.27. The van der Waals surface area contributed by atoms with E-state index in [1.54, 1.807) is 38.1 Å². The van der Waals surface area contributed by atoms with Gasteiger partial charge in [0.2, 0.25) is 5.82 Å². The fraction of sp³-hybridized carbons (Fsp3) is 0.250. The van der Waals surface area contributed by atoms with Crippen LogP contribution in [0, 0.1) is 5.82 Å². The minimum Gasteiger partial charge on any atom is -0.489 e. The summed E-state index contributed by atoms with van der Waals surface area (Å²) < 4.78 is 107. The Kier molecular flexibility index (Phi) is 12.1. The molecule has 0 aliphatic carbocycles. The van der Waals surface area contributed by atoms with Crippen molar-refractivity contribution in [1.29, 1.82) is 0 Å². The third-order valence-corrected chi connectivity index (χ3v) is 11.6. The minimum atomic E-state index is -4.94. The van der Waals surface area contributed by atoms with Crippen LogP contribution in [-0.4, -0.2) is 69.0 Å². The highest BCUT2D eigenvalue weighted by Crippen LogP contribution is 2.43. The number of nitrogens with zero attached hydrogens (tertiary/aromatic N) is 9. The van der Waals surface area contributed by atoms with Gasteiger partial charge < -0.3 is 20.1 Å². The first kappa shape index (κ1) is 46.9. The van der Waals surface area contributed by atoms with Gasteiger partial charge in [0.1, 0.15) is 29.8 Å². The lowest BCUT2D eigenvalue weighted by Gasteiger charge is -2.41. The van der Waals surface area contributed by atoms with Crippen molar-refractivity contribution < 1.29 is 50.2 Å². The number of alkyl halides is 6. The van der Waals surface area contributed by atoms with Gasteiger partial charge in [0.05, 0.1) is 29.4 Å². The number of carboxylic acid groups (broad SMARTS) is 1. The molecular weight excluding hydrogens is 930 g/mol. The number of carbonyl (C=O) groups excluding carboxylic acids is 1. The predicted octanol–water partition coefficient (Wildman–Crippen LogP) is 8.42. The number of fused-ring (bicyclic) bond motifs is 2. The van der Waals surface area contributed by atoms with Crippen LogP contribution in [0.4, 0.5) is 30.7 Å². The average Bonchev–Trinajstić information content (AvgIpc) is 4.06. The number of hydrogen-bond acceptors (Lipinski definition) is 10. The van der Waals surface area contributed by atoms with Gasteiger partial charge in [-0.05, 0) is 78.1 Å². The summed E-state index contributed by atoms with van der Waals surface area (Å²) in [5, 5.41) is 17.7. The maximum Gasteiger partial charge on any atom is 0.419 e. The van der Waals surface area contributed by atoms with Crippen molar-refractivity contribution >= 4 is 34.7 Å². The number of rotatable bonds is 14. The van der Waals surface area contributed by atoms with Crippen LogP contribution in [0.2, 0.25) is 0 Å². The van der Waals surface area contributed by atoms with Gasteiger partial charge in [-0.3, -0.25) is 23.4 Å². The molecule has 3 aromatic heterocycles. The molecule has 0 saturated heterocycles. The molecule has 22 heteroatoms. The summed E-state index contributed by atoms with van der Waals surface area (Å²) in [6.45, 7) is 3.19. The Hall–Kier alpha value is -8.17. The van der Waals surface area contributed by atoms with Gasteiger partial charge in [-0.1, -0.05) is 62.4 Å². The Morgan fingerprint density at radius 2 is 1.59 bits per heavy atom. The molecular formula is C48H39F7N10O5. The van der Waals surface area contributed by atoms with E-state index in [0.29, 0.717) is 23.4 Å². The zero-order valence-corrected chi connectivity index (χ0v) is 37.0. The van der Waals surface area contributed by atoms with Crippen LogP contribution in [0.3, 0.4) is 0 Å². The van der Waals surface area contributed by atoms with Gasteiger partial charge >= 0.3 is 18.3 Å². The normalized spacial score (nSPS) is 17.1. The molecule has 9 rings (SSSR count). The van der Waals surface area contributed by atoms with Crippen molar-refractivity contribution in [3.63, 3.8) is 0 Å². The lowest BCUT2D eigenvalue weighted by atomic mass is 9.99. The second kappa shape index (κ2) is 18.1. The summed E-state index contributed by atoms with van der Waals surface area (Å²) >= 11 is 0. The summed E-state index contributed by atoms with van der Waals surface area (Å²) in [5.74, 6) is -4.60. The number of nitrogens with one attached hydrogen (secondary N) is 1. The second-order valence-electron chi connectivity index (χ2n) is 16.4. The number of benzene rings is 4. The maximum absolute atomic E-state index is 15.9. The average molecular weight is 969 g/mol.